The minimum atomic E-state index is 0.179. The molecule has 2 atom stereocenters. The van der Waals surface area contributed by atoms with Gasteiger partial charge in [0.2, 0.25) is 0 Å². The Balaban J connectivity index is 1.82. The average Bonchev–Trinajstić information content (AvgIpc) is 2.83. The fourth-order valence-corrected chi connectivity index (χ4v) is 3.60. The van der Waals surface area contributed by atoms with E-state index < -0.39 is 0 Å². The quantitative estimate of drug-likeness (QED) is 0.829. The Morgan fingerprint density at radius 1 is 1.33 bits per heavy atom. The van der Waals surface area contributed by atoms with Gasteiger partial charge in [-0.15, -0.1) is 0 Å². The number of aryl methyl sites for hydroxylation is 1. The van der Waals surface area contributed by atoms with Crippen molar-refractivity contribution in [1.82, 2.24) is 15.1 Å². The summed E-state index contributed by atoms with van der Waals surface area (Å²) in [4.78, 5) is 14.7. The maximum atomic E-state index is 12.6. The van der Waals surface area contributed by atoms with Crippen LogP contribution < -0.4 is 0 Å². The molecule has 4 heteroatoms. The summed E-state index contributed by atoms with van der Waals surface area (Å²) in [6.45, 7) is 2.84. The lowest BCUT2D eigenvalue weighted by Crippen LogP contribution is -2.49. The van der Waals surface area contributed by atoms with Gasteiger partial charge in [-0.3, -0.25) is 9.89 Å². The third-order valence-corrected chi connectivity index (χ3v) is 4.56. The van der Waals surface area contributed by atoms with Gasteiger partial charge in [-0.1, -0.05) is 12.8 Å². The molecule has 1 aliphatic carbocycles. The predicted molar refractivity (Wildman–Crippen MR) is 69.3 cm³/mol. The summed E-state index contributed by atoms with van der Waals surface area (Å²) in [5.41, 5.74) is 1.64. The summed E-state index contributed by atoms with van der Waals surface area (Å²) >= 11 is 0. The van der Waals surface area contributed by atoms with Crippen molar-refractivity contribution < 1.29 is 4.79 Å². The van der Waals surface area contributed by atoms with E-state index in [2.05, 4.69) is 15.1 Å². The van der Waals surface area contributed by atoms with Crippen molar-refractivity contribution in [2.75, 3.05) is 6.54 Å². The first-order chi connectivity index (χ1) is 8.77. The summed E-state index contributed by atoms with van der Waals surface area (Å²) in [6.07, 6.45) is 9.24. The first-order valence-corrected chi connectivity index (χ1v) is 7.08. The van der Waals surface area contributed by atoms with E-state index in [0.29, 0.717) is 6.04 Å². The second-order valence-corrected chi connectivity index (χ2v) is 5.66. The Bertz CT molecular complexity index is 438. The first-order valence-electron chi connectivity index (χ1n) is 7.08. The molecule has 0 bridgehead atoms. The number of nitrogens with zero attached hydrogens (tertiary/aromatic N) is 2. The fourth-order valence-electron chi connectivity index (χ4n) is 3.60. The SMILES string of the molecule is Cc1[nH]ncc1C(=O)N1CCC[C@H]2CCCC[C@H]21. The lowest BCUT2D eigenvalue weighted by molar-refractivity contribution is 0.0390. The van der Waals surface area contributed by atoms with Gasteiger partial charge in [0.1, 0.15) is 0 Å². The number of aromatic nitrogens is 2. The van der Waals surface area contributed by atoms with Crippen molar-refractivity contribution >= 4 is 5.91 Å². The Morgan fingerprint density at radius 2 is 2.11 bits per heavy atom. The minimum absolute atomic E-state index is 0.179. The zero-order valence-corrected chi connectivity index (χ0v) is 11.0. The van der Waals surface area contributed by atoms with Crippen LogP contribution in [-0.4, -0.2) is 33.6 Å². The summed E-state index contributed by atoms with van der Waals surface area (Å²) in [5.74, 6) is 0.918. The van der Waals surface area contributed by atoms with E-state index in [9.17, 15) is 4.79 Å². The monoisotopic (exact) mass is 247 g/mol. The van der Waals surface area contributed by atoms with Gasteiger partial charge in [0, 0.05) is 18.3 Å². The Morgan fingerprint density at radius 3 is 2.89 bits per heavy atom. The largest absolute Gasteiger partial charge is 0.335 e. The molecule has 2 fully saturated rings. The highest BCUT2D eigenvalue weighted by Crippen LogP contribution is 2.35. The molecule has 1 saturated heterocycles. The number of hydrogen-bond donors (Lipinski definition) is 1. The Kier molecular flexibility index (Phi) is 3.10. The molecule has 4 nitrogen and oxygen atoms in total. The zero-order chi connectivity index (χ0) is 12.5. The number of fused-ring (bicyclic) bond motifs is 1. The van der Waals surface area contributed by atoms with Gasteiger partial charge in [-0.2, -0.15) is 5.10 Å². The molecule has 2 heterocycles. The molecular weight excluding hydrogens is 226 g/mol. The number of nitrogens with one attached hydrogen (secondary N) is 1. The van der Waals surface area contributed by atoms with Crippen molar-refractivity contribution in [2.45, 2.75) is 51.5 Å². The van der Waals surface area contributed by atoms with Crippen LogP contribution in [-0.2, 0) is 0 Å². The molecule has 3 rings (SSSR count). The van der Waals surface area contributed by atoms with Crippen LogP contribution in [0.2, 0.25) is 0 Å². The van der Waals surface area contributed by atoms with E-state index >= 15 is 0 Å². The number of carbonyl (C=O) groups excluding carboxylic acids is 1. The molecular formula is C14H21N3O. The predicted octanol–water partition coefficient (Wildman–Crippen LogP) is 2.51. The first kappa shape index (κ1) is 11.8. The number of hydrogen-bond acceptors (Lipinski definition) is 2. The number of carbonyl (C=O) groups is 1. The van der Waals surface area contributed by atoms with E-state index in [4.69, 9.17) is 0 Å². The van der Waals surface area contributed by atoms with Gasteiger partial charge < -0.3 is 4.90 Å². The summed E-state index contributed by atoms with van der Waals surface area (Å²) in [7, 11) is 0. The fraction of sp³-hybridized carbons (Fsp3) is 0.714. The molecule has 1 aromatic heterocycles. The number of rotatable bonds is 1. The number of likely N-dealkylation sites (tertiary alicyclic amines) is 1. The normalized spacial score (nSPS) is 27.9. The molecule has 1 N–H and O–H groups in total. The van der Waals surface area contributed by atoms with Crippen LogP contribution in [0.25, 0.3) is 0 Å². The van der Waals surface area contributed by atoms with Crippen LogP contribution >= 0.6 is 0 Å². The molecule has 1 amide bonds. The van der Waals surface area contributed by atoms with Crippen LogP contribution in [0, 0.1) is 12.8 Å². The summed E-state index contributed by atoms with van der Waals surface area (Å²) in [5, 5.41) is 6.83. The highest BCUT2D eigenvalue weighted by Gasteiger charge is 2.36. The van der Waals surface area contributed by atoms with Gasteiger partial charge in [0.05, 0.1) is 11.8 Å². The average molecular weight is 247 g/mol. The molecule has 0 spiro atoms. The van der Waals surface area contributed by atoms with Gasteiger partial charge in [-0.25, -0.2) is 0 Å². The lowest BCUT2D eigenvalue weighted by Gasteiger charge is -2.44. The standard InChI is InChI=1S/C14H21N3O/c1-10-12(9-15-16-10)14(18)17-8-4-6-11-5-2-3-7-13(11)17/h9,11,13H,2-8H2,1H3,(H,15,16)/t11-,13-/m1/s1. The number of piperidine rings is 1. The van der Waals surface area contributed by atoms with Gasteiger partial charge in [-0.05, 0) is 38.5 Å². The number of amides is 1. The second-order valence-electron chi connectivity index (χ2n) is 5.66. The third kappa shape index (κ3) is 1.93. The molecule has 1 saturated carbocycles. The molecule has 2 aliphatic rings. The molecule has 1 aromatic rings. The smallest absolute Gasteiger partial charge is 0.257 e. The molecule has 0 aromatic carbocycles. The molecule has 1 aliphatic heterocycles. The van der Waals surface area contributed by atoms with Gasteiger partial charge >= 0.3 is 0 Å². The van der Waals surface area contributed by atoms with E-state index in [1.54, 1.807) is 6.20 Å². The van der Waals surface area contributed by atoms with Crippen LogP contribution in [0.3, 0.4) is 0 Å². The van der Waals surface area contributed by atoms with Crippen molar-refractivity contribution in [3.8, 4) is 0 Å². The van der Waals surface area contributed by atoms with Gasteiger partial charge in [0.15, 0.2) is 0 Å². The Hall–Kier alpha value is -1.32. The van der Waals surface area contributed by atoms with E-state index in [1.165, 1.54) is 32.1 Å². The highest BCUT2D eigenvalue weighted by molar-refractivity contribution is 5.95. The molecule has 18 heavy (non-hydrogen) atoms. The number of H-pyrrole nitrogens is 1. The second kappa shape index (κ2) is 4.75. The molecule has 0 unspecified atom stereocenters. The van der Waals surface area contributed by atoms with E-state index in [1.807, 2.05) is 6.92 Å². The van der Waals surface area contributed by atoms with E-state index in [0.717, 1.165) is 30.1 Å². The summed E-state index contributed by atoms with van der Waals surface area (Å²) in [6, 6.07) is 0.481. The molecule has 98 valence electrons. The van der Waals surface area contributed by atoms with Crippen LogP contribution in [0.15, 0.2) is 6.20 Å². The maximum absolute atomic E-state index is 12.6. The topological polar surface area (TPSA) is 49.0 Å². The minimum Gasteiger partial charge on any atom is -0.335 e. The summed E-state index contributed by atoms with van der Waals surface area (Å²) < 4.78 is 0. The van der Waals surface area contributed by atoms with Crippen LogP contribution in [0.1, 0.15) is 54.6 Å². The van der Waals surface area contributed by atoms with Crippen molar-refractivity contribution in [2.24, 2.45) is 5.92 Å². The lowest BCUT2D eigenvalue weighted by atomic mass is 9.78. The maximum Gasteiger partial charge on any atom is 0.257 e. The highest BCUT2D eigenvalue weighted by atomic mass is 16.2. The van der Waals surface area contributed by atoms with Crippen molar-refractivity contribution in [3.05, 3.63) is 17.5 Å². The van der Waals surface area contributed by atoms with E-state index in [-0.39, 0.29) is 5.91 Å². The Labute approximate surface area is 108 Å². The number of aromatic amines is 1. The van der Waals surface area contributed by atoms with Crippen LogP contribution in [0.5, 0.6) is 0 Å². The third-order valence-electron chi connectivity index (χ3n) is 4.56. The van der Waals surface area contributed by atoms with Crippen molar-refractivity contribution in [1.29, 1.82) is 0 Å². The van der Waals surface area contributed by atoms with Crippen LogP contribution in [0.4, 0.5) is 0 Å². The molecule has 0 radical (unpaired) electrons. The van der Waals surface area contributed by atoms with Crippen molar-refractivity contribution in [3.63, 3.8) is 0 Å². The van der Waals surface area contributed by atoms with Gasteiger partial charge in [0.25, 0.3) is 5.91 Å². The zero-order valence-electron chi connectivity index (χ0n) is 11.0.